The summed E-state index contributed by atoms with van der Waals surface area (Å²) in [5, 5.41) is 2.09. The van der Waals surface area contributed by atoms with Gasteiger partial charge >= 0.3 is 0 Å². The fraction of sp³-hybridized carbons (Fsp3) is 0. The van der Waals surface area contributed by atoms with E-state index in [0.717, 1.165) is 94.4 Å². The molecule has 0 fully saturated rings. The summed E-state index contributed by atoms with van der Waals surface area (Å²) in [7, 11) is 0. The normalized spacial score (nSPS) is 11.2. The lowest BCUT2D eigenvalue weighted by Crippen LogP contribution is -2.00. The van der Waals surface area contributed by atoms with Gasteiger partial charge in [-0.05, 0) is 57.6 Å². The highest BCUT2D eigenvalue weighted by Gasteiger charge is 2.17. The first kappa shape index (κ1) is 36.7. The van der Waals surface area contributed by atoms with Crippen LogP contribution in [0.1, 0.15) is 0 Å². The van der Waals surface area contributed by atoms with Crippen molar-refractivity contribution in [3.63, 3.8) is 0 Å². The van der Waals surface area contributed by atoms with Gasteiger partial charge in [0.2, 0.25) is 0 Å². The Bertz CT molecular complexity index is 3370. The van der Waals surface area contributed by atoms with Crippen molar-refractivity contribution in [2.75, 3.05) is 0 Å². The van der Waals surface area contributed by atoms with Crippen LogP contribution in [0, 0.1) is 0 Å². The molecule has 0 aliphatic carbocycles. The van der Waals surface area contributed by atoms with Crippen LogP contribution in [-0.2, 0) is 0 Å². The van der Waals surface area contributed by atoms with Crippen LogP contribution in [0.3, 0.4) is 0 Å². The Morgan fingerprint density at radius 2 is 0.645 bits per heavy atom. The van der Waals surface area contributed by atoms with Gasteiger partial charge in [-0.15, -0.1) is 0 Å². The van der Waals surface area contributed by atoms with E-state index < -0.39 is 0 Å². The van der Waals surface area contributed by atoms with E-state index in [1.165, 1.54) is 0 Å². The quantitative estimate of drug-likeness (QED) is 0.143. The maximum Gasteiger partial charge on any atom is 0.164 e. The third-order valence-electron chi connectivity index (χ3n) is 11.3. The Balaban J connectivity index is 1.02. The molecule has 3 heterocycles. The summed E-state index contributed by atoms with van der Waals surface area (Å²) >= 11 is 0. The highest BCUT2D eigenvalue weighted by Crippen LogP contribution is 2.38. The summed E-state index contributed by atoms with van der Waals surface area (Å²) in [5.41, 5.74) is 15.1. The SMILES string of the molecule is c1ccc(-c2ccc(-c3nc(-c4ccccc4)nc(-c4cccc(-c5cccc(-c6cc(-c7ccccc7)nc7c6ccc6ccc(-c8ccccc8)nc67)c5)c4)n3)cc2)cc1. The van der Waals surface area contributed by atoms with E-state index in [0.29, 0.717) is 17.5 Å². The van der Waals surface area contributed by atoms with Gasteiger partial charge in [0, 0.05) is 38.6 Å². The summed E-state index contributed by atoms with van der Waals surface area (Å²) in [6.45, 7) is 0. The van der Waals surface area contributed by atoms with Gasteiger partial charge in [0.25, 0.3) is 0 Å². The molecule has 0 saturated carbocycles. The minimum atomic E-state index is 0.612. The Hall–Kier alpha value is -8.41. The van der Waals surface area contributed by atoms with Crippen LogP contribution in [0.5, 0.6) is 0 Å². The summed E-state index contributed by atoms with van der Waals surface area (Å²) in [4.78, 5) is 25.7. The van der Waals surface area contributed by atoms with E-state index in [-0.39, 0.29) is 0 Å². The van der Waals surface area contributed by atoms with Crippen LogP contribution in [0.4, 0.5) is 0 Å². The average Bonchev–Trinajstić information content (AvgIpc) is 3.37. The topological polar surface area (TPSA) is 64.5 Å². The Kier molecular flexibility index (Phi) is 9.45. The first-order valence-corrected chi connectivity index (χ1v) is 20.7. The minimum absolute atomic E-state index is 0.612. The predicted molar refractivity (Wildman–Crippen MR) is 254 cm³/mol. The maximum absolute atomic E-state index is 5.31. The number of fused-ring (bicyclic) bond motifs is 3. The summed E-state index contributed by atoms with van der Waals surface area (Å²) in [5.74, 6) is 1.86. The van der Waals surface area contributed by atoms with Crippen LogP contribution in [-0.4, -0.2) is 24.9 Å². The van der Waals surface area contributed by atoms with Gasteiger partial charge in [0.15, 0.2) is 17.5 Å². The fourth-order valence-electron chi connectivity index (χ4n) is 8.13. The summed E-state index contributed by atoms with van der Waals surface area (Å²) in [6.07, 6.45) is 0. The molecule has 0 N–H and O–H groups in total. The van der Waals surface area contributed by atoms with Gasteiger partial charge in [-0.1, -0.05) is 200 Å². The standard InChI is InChI=1S/C57H37N5/c1-5-15-38(16-6-1)39-27-29-44(30-28-39)56-60-55(43-21-11-4-12-22-43)61-57(62-56)48-26-14-24-46(36-48)45-23-13-25-47(35-45)50-37-52(41-19-9-3-10-20-41)59-54-49(50)33-31-42-32-34-51(58-53(42)54)40-17-7-2-8-18-40/h1-37H. The van der Waals surface area contributed by atoms with Gasteiger partial charge < -0.3 is 0 Å². The van der Waals surface area contributed by atoms with Crippen molar-refractivity contribution in [3.8, 4) is 90.1 Å². The smallest absolute Gasteiger partial charge is 0.164 e. The van der Waals surface area contributed by atoms with E-state index in [1.54, 1.807) is 0 Å². The number of hydrogen-bond donors (Lipinski definition) is 0. The van der Waals surface area contributed by atoms with E-state index in [2.05, 4.69) is 164 Å². The Morgan fingerprint density at radius 3 is 1.27 bits per heavy atom. The van der Waals surface area contributed by atoms with E-state index in [4.69, 9.17) is 24.9 Å². The molecule has 0 atom stereocenters. The second kappa shape index (κ2) is 16.0. The molecule has 5 heteroatoms. The molecule has 3 aromatic heterocycles. The average molecular weight is 792 g/mol. The molecule has 0 spiro atoms. The monoisotopic (exact) mass is 791 g/mol. The molecule has 0 amide bonds. The molecule has 11 rings (SSSR count). The van der Waals surface area contributed by atoms with Crippen molar-refractivity contribution in [3.05, 3.63) is 224 Å². The third kappa shape index (κ3) is 7.18. The third-order valence-corrected chi connectivity index (χ3v) is 11.3. The highest BCUT2D eigenvalue weighted by molar-refractivity contribution is 6.10. The molecule has 0 unspecified atom stereocenters. The Morgan fingerprint density at radius 1 is 0.226 bits per heavy atom. The second-order valence-electron chi connectivity index (χ2n) is 15.3. The summed E-state index contributed by atoms with van der Waals surface area (Å²) < 4.78 is 0. The Labute approximate surface area is 359 Å². The van der Waals surface area contributed by atoms with Gasteiger partial charge in [0.05, 0.1) is 22.4 Å². The van der Waals surface area contributed by atoms with Crippen LogP contribution in [0.25, 0.3) is 112 Å². The van der Waals surface area contributed by atoms with Crippen molar-refractivity contribution >= 4 is 21.8 Å². The zero-order chi connectivity index (χ0) is 41.2. The van der Waals surface area contributed by atoms with Gasteiger partial charge in [-0.25, -0.2) is 24.9 Å². The van der Waals surface area contributed by atoms with E-state index in [9.17, 15) is 0 Å². The number of nitrogens with zero attached hydrogens (tertiary/aromatic N) is 5. The predicted octanol–water partition coefficient (Wildman–Crippen LogP) is 14.3. The van der Waals surface area contributed by atoms with Gasteiger partial charge in [0.1, 0.15) is 0 Å². The van der Waals surface area contributed by atoms with E-state index >= 15 is 0 Å². The van der Waals surface area contributed by atoms with Crippen molar-refractivity contribution < 1.29 is 0 Å². The maximum atomic E-state index is 5.31. The first-order valence-electron chi connectivity index (χ1n) is 20.7. The number of rotatable bonds is 8. The zero-order valence-electron chi connectivity index (χ0n) is 33.6. The number of benzene rings is 8. The fourth-order valence-corrected chi connectivity index (χ4v) is 8.13. The molecule has 5 nitrogen and oxygen atoms in total. The molecular formula is C57H37N5. The van der Waals surface area contributed by atoms with Crippen molar-refractivity contribution in [2.24, 2.45) is 0 Å². The zero-order valence-corrected chi connectivity index (χ0v) is 33.6. The molecule has 0 radical (unpaired) electrons. The second-order valence-corrected chi connectivity index (χ2v) is 15.3. The lowest BCUT2D eigenvalue weighted by molar-refractivity contribution is 1.07. The molecule has 0 bridgehead atoms. The number of pyridine rings is 2. The molecule has 8 aromatic carbocycles. The van der Waals surface area contributed by atoms with Crippen LogP contribution in [0.15, 0.2) is 224 Å². The van der Waals surface area contributed by atoms with Crippen LogP contribution >= 0.6 is 0 Å². The van der Waals surface area contributed by atoms with Crippen molar-refractivity contribution in [1.29, 1.82) is 0 Å². The molecule has 11 aromatic rings. The van der Waals surface area contributed by atoms with E-state index in [1.807, 2.05) is 60.7 Å². The van der Waals surface area contributed by atoms with Crippen molar-refractivity contribution in [2.45, 2.75) is 0 Å². The number of hydrogen-bond acceptors (Lipinski definition) is 5. The lowest BCUT2D eigenvalue weighted by atomic mass is 9.94. The van der Waals surface area contributed by atoms with Crippen LogP contribution in [0.2, 0.25) is 0 Å². The molecule has 290 valence electrons. The molecule has 0 aliphatic heterocycles. The highest BCUT2D eigenvalue weighted by atomic mass is 15.0. The first-order chi connectivity index (χ1) is 30.7. The number of aromatic nitrogens is 5. The molecule has 0 aliphatic rings. The molecule has 62 heavy (non-hydrogen) atoms. The largest absolute Gasteiger partial charge is 0.245 e. The summed E-state index contributed by atoms with van der Waals surface area (Å²) in [6, 6.07) is 77.6. The molecular weight excluding hydrogens is 755 g/mol. The minimum Gasteiger partial charge on any atom is -0.245 e. The molecule has 0 saturated heterocycles. The van der Waals surface area contributed by atoms with Gasteiger partial charge in [-0.2, -0.15) is 0 Å². The lowest BCUT2D eigenvalue weighted by Gasteiger charge is -2.14. The van der Waals surface area contributed by atoms with Crippen LogP contribution < -0.4 is 0 Å². The van der Waals surface area contributed by atoms with Crippen molar-refractivity contribution in [1.82, 2.24) is 24.9 Å². The van der Waals surface area contributed by atoms with Gasteiger partial charge in [-0.3, -0.25) is 0 Å².